The molecule has 7 heteroatoms. The van der Waals surface area contributed by atoms with Crippen LogP contribution in [-0.2, 0) is 6.42 Å². The quantitative estimate of drug-likeness (QED) is 0.463. The molecule has 1 aliphatic rings. The summed E-state index contributed by atoms with van der Waals surface area (Å²) in [5.41, 5.74) is 1.27. The summed E-state index contributed by atoms with van der Waals surface area (Å²) in [6.45, 7) is 7.55. The van der Waals surface area contributed by atoms with Crippen molar-refractivity contribution in [2.24, 2.45) is 10.4 Å². The molecule has 0 atom stereocenters. The van der Waals surface area contributed by atoms with E-state index < -0.39 is 0 Å². The van der Waals surface area contributed by atoms with Gasteiger partial charge in [0.2, 0.25) is 0 Å². The van der Waals surface area contributed by atoms with Crippen LogP contribution in [0, 0.1) is 5.41 Å². The molecule has 6 nitrogen and oxygen atoms in total. The number of pyridine rings is 1. The van der Waals surface area contributed by atoms with E-state index in [0.717, 1.165) is 43.5 Å². The molecule has 2 aromatic rings. The smallest absolute Gasteiger partial charge is 0.193 e. The lowest BCUT2D eigenvalue weighted by atomic mass is 9.93. The number of rotatable bonds is 3. The maximum absolute atomic E-state index is 4.41. The number of nitrogens with one attached hydrogen (secondary N) is 1. The summed E-state index contributed by atoms with van der Waals surface area (Å²) in [6, 6.07) is 5.94. The Kier molecular flexibility index (Phi) is 5.83. The van der Waals surface area contributed by atoms with Gasteiger partial charge in [0.05, 0.1) is 0 Å². The number of aliphatic imine (C=N–C) groups is 1. The van der Waals surface area contributed by atoms with Gasteiger partial charge in [0.15, 0.2) is 11.6 Å². The topological polar surface area (TPSA) is 57.8 Å². The zero-order valence-corrected chi connectivity index (χ0v) is 16.3. The molecule has 0 saturated carbocycles. The number of hydrogen-bond acceptors (Lipinski definition) is 3. The van der Waals surface area contributed by atoms with Crippen LogP contribution >= 0.6 is 24.0 Å². The molecular formula is C16H25IN6. The summed E-state index contributed by atoms with van der Waals surface area (Å²) < 4.78 is 2.03. The van der Waals surface area contributed by atoms with Crippen LogP contribution in [0.25, 0.3) is 5.65 Å². The van der Waals surface area contributed by atoms with Gasteiger partial charge in [-0.2, -0.15) is 0 Å². The van der Waals surface area contributed by atoms with Crippen molar-refractivity contribution in [3.8, 4) is 0 Å². The average molecular weight is 428 g/mol. The van der Waals surface area contributed by atoms with Crippen LogP contribution in [0.3, 0.4) is 0 Å². The van der Waals surface area contributed by atoms with Gasteiger partial charge in [-0.25, -0.2) is 0 Å². The number of hydrogen-bond donors (Lipinski definition) is 1. The van der Waals surface area contributed by atoms with Gasteiger partial charge in [-0.05, 0) is 24.0 Å². The predicted molar refractivity (Wildman–Crippen MR) is 103 cm³/mol. The standard InChI is InChI=1S/C16H24N6.HI/c1-16(2)8-11-21(12-16)15(17-3)18-9-7-14-20-19-13-6-4-5-10-22(13)14;/h4-6,10H,7-9,11-12H2,1-3H3,(H,17,18);1H. The van der Waals surface area contributed by atoms with Crippen LogP contribution in [0.5, 0.6) is 0 Å². The lowest BCUT2D eigenvalue weighted by Gasteiger charge is -2.23. The van der Waals surface area contributed by atoms with Crippen molar-refractivity contribution in [1.29, 1.82) is 0 Å². The number of nitrogens with zero attached hydrogens (tertiary/aromatic N) is 5. The molecule has 0 radical (unpaired) electrons. The van der Waals surface area contributed by atoms with Crippen LogP contribution in [0.4, 0.5) is 0 Å². The van der Waals surface area contributed by atoms with Gasteiger partial charge in [0.1, 0.15) is 5.82 Å². The van der Waals surface area contributed by atoms with Gasteiger partial charge in [-0.15, -0.1) is 34.2 Å². The predicted octanol–water partition coefficient (Wildman–Crippen LogP) is 2.20. The van der Waals surface area contributed by atoms with Crippen LogP contribution in [0.1, 0.15) is 26.1 Å². The first-order valence-electron chi connectivity index (χ1n) is 7.83. The molecule has 126 valence electrons. The summed E-state index contributed by atoms with van der Waals surface area (Å²) in [5.74, 6) is 1.96. The maximum atomic E-state index is 4.41. The first kappa shape index (κ1) is 18.0. The lowest BCUT2D eigenvalue weighted by Crippen LogP contribution is -2.41. The van der Waals surface area contributed by atoms with E-state index in [0.29, 0.717) is 5.41 Å². The van der Waals surface area contributed by atoms with Crippen molar-refractivity contribution in [2.45, 2.75) is 26.7 Å². The van der Waals surface area contributed by atoms with E-state index in [1.165, 1.54) is 6.42 Å². The Hall–Kier alpha value is -1.38. The summed E-state index contributed by atoms with van der Waals surface area (Å²) in [5, 5.41) is 11.9. The molecule has 0 spiro atoms. The van der Waals surface area contributed by atoms with Gasteiger partial charge < -0.3 is 10.2 Å². The van der Waals surface area contributed by atoms with Gasteiger partial charge in [-0.1, -0.05) is 19.9 Å². The third kappa shape index (κ3) is 4.13. The number of aromatic nitrogens is 3. The second-order valence-corrected chi connectivity index (χ2v) is 6.60. The molecular weight excluding hydrogens is 403 g/mol. The van der Waals surface area contributed by atoms with Gasteiger partial charge in [0.25, 0.3) is 0 Å². The number of likely N-dealkylation sites (tertiary alicyclic amines) is 1. The minimum Gasteiger partial charge on any atom is -0.356 e. The Balaban J connectivity index is 0.00000192. The van der Waals surface area contributed by atoms with Crippen molar-refractivity contribution in [1.82, 2.24) is 24.8 Å². The van der Waals surface area contributed by atoms with E-state index in [9.17, 15) is 0 Å². The molecule has 1 fully saturated rings. The SMILES string of the molecule is CN=C(NCCc1nnc2ccccn12)N1CCC(C)(C)C1.I. The molecule has 3 rings (SSSR count). The van der Waals surface area contributed by atoms with E-state index in [2.05, 4.69) is 39.3 Å². The second kappa shape index (κ2) is 7.46. The number of halogens is 1. The Morgan fingerprint density at radius 3 is 2.87 bits per heavy atom. The molecule has 0 aromatic carbocycles. The van der Waals surface area contributed by atoms with Gasteiger partial charge in [-0.3, -0.25) is 9.39 Å². The average Bonchev–Trinajstić information content (AvgIpc) is 3.07. The first-order valence-corrected chi connectivity index (χ1v) is 7.83. The van der Waals surface area contributed by atoms with Crippen LogP contribution in [-0.4, -0.2) is 52.1 Å². The Bertz CT molecular complexity index is 678. The van der Waals surface area contributed by atoms with Gasteiger partial charge in [0, 0.05) is 39.3 Å². The molecule has 0 bridgehead atoms. The van der Waals surface area contributed by atoms with Crippen molar-refractivity contribution in [2.75, 3.05) is 26.7 Å². The van der Waals surface area contributed by atoms with Crippen LogP contribution in [0.15, 0.2) is 29.4 Å². The summed E-state index contributed by atoms with van der Waals surface area (Å²) in [6.07, 6.45) is 4.03. The molecule has 23 heavy (non-hydrogen) atoms. The molecule has 1 saturated heterocycles. The Labute approximate surface area is 154 Å². The van der Waals surface area contributed by atoms with Crippen LogP contribution < -0.4 is 5.32 Å². The van der Waals surface area contributed by atoms with E-state index >= 15 is 0 Å². The van der Waals surface area contributed by atoms with E-state index in [1.807, 2.05) is 35.8 Å². The highest BCUT2D eigenvalue weighted by Gasteiger charge is 2.30. The molecule has 1 N–H and O–H groups in total. The van der Waals surface area contributed by atoms with Crippen molar-refractivity contribution in [3.05, 3.63) is 30.2 Å². The van der Waals surface area contributed by atoms with Gasteiger partial charge >= 0.3 is 0 Å². The fourth-order valence-corrected chi connectivity index (χ4v) is 2.97. The van der Waals surface area contributed by atoms with E-state index in [-0.39, 0.29) is 24.0 Å². The minimum absolute atomic E-state index is 0. The third-order valence-corrected chi connectivity index (χ3v) is 4.20. The highest BCUT2D eigenvalue weighted by molar-refractivity contribution is 14.0. The maximum Gasteiger partial charge on any atom is 0.193 e. The number of fused-ring (bicyclic) bond motifs is 1. The summed E-state index contributed by atoms with van der Waals surface area (Å²) in [4.78, 5) is 6.74. The zero-order valence-electron chi connectivity index (χ0n) is 14.0. The summed E-state index contributed by atoms with van der Waals surface area (Å²) >= 11 is 0. The van der Waals surface area contributed by atoms with Crippen LogP contribution in [0.2, 0.25) is 0 Å². The van der Waals surface area contributed by atoms with E-state index in [4.69, 9.17) is 0 Å². The molecule has 0 unspecified atom stereocenters. The molecule has 0 aliphatic carbocycles. The molecule has 2 aromatic heterocycles. The molecule has 1 aliphatic heterocycles. The van der Waals surface area contributed by atoms with E-state index in [1.54, 1.807) is 0 Å². The zero-order chi connectivity index (χ0) is 15.6. The molecule has 0 amide bonds. The van der Waals surface area contributed by atoms with Crippen molar-refractivity contribution in [3.63, 3.8) is 0 Å². The highest BCUT2D eigenvalue weighted by atomic mass is 127. The Morgan fingerprint density at radius 1 is 1.35 bits per heavy atom. The molecule has 3 heterocycles. The minimum atomic E-state index is 0. The Morgan fingerprint density at radius 2 is 2.17 bits per heavy atom. The third-order valence-electron chi connectivity index (χ3n) is 4.20. The normalized spacial score (nSPS) is 17.3. The first-order chi connectivity index (χ1) is 10.6. The monoisotopic (exact) mass is 428 g/mol. The van der Waals surface area contributed by atoms with Crippen molar-refractivity contribution < 1.29 is 0 Å². The second-order valence-electron chi connectivity index (χ2n) is 6.60. The van der Waals surface area contributed by atoms with Crippen molar-refractivity contribution >= 4 is 35.6 Å². The summed E-state index contributed by atoms with van der Waals surface area (Å²) in [7, 11) is 1.85. The fourth-order valence-electron chi connectivity index (χ4n) is 2.97. The highest BCUT2D eigenvalue weighted by Crippen LogP contribution is 2.28. The number of guanidine groups is 1. The lowest BCUT2D eigenvalue weighted by molar-refractivity contribution is 0.370. The fraction of sp³-hybridized carbons (Fsp3) is 0.562. The largest absolute Gasteiger partial charge is 0.356 e.